The van der Waals surface area contributed by atoms with Crippen LogP contribution in [-0.4, -0.2) is 25.6 Å². The molecule has 0 aromatic heterocycles. The molecule has 6 heteroatoms. The maximum Gasteiger partial charge on any atom is 0.525 e. The van der Waals surface area contributed by atoms with E-state index in [1.165, 1.54) is 0 Å². The molecule has 1 aliphatic heterocycles. The highest BCUT2D eigenvalue weighted by Gasteiger charge is 2.35. The lowest BCUT2D eigenvalue weighted by Gasteiger charge is -2.11. The molecule has 1 atom stereocenters. The molecule has 0 bridgehead atoms. The molecule has 1 aliphatic rings. The van der Waals surface area contributed by atoms with Crippen LogP contribution >= 0.6 is 0 Å². The van der Waals surface area contributed by atoms with Crippen LogP contribution in [0.15, 0.2) is 4.99 Å². The lowest BCUT2D eigenvalue weighted by Crippen LogP contribution is -2.25. The topological polar surface area (TPSA) is 30.8 Å². The van der Waals surface area contributed by atoms with Crippen molar-refractivity contribution in [3.05, 3.63) is 0 Å². The molecule has 1 rings (SSSR count). The third-order valence-corrected chi connectivity index (χ3v) is 0.754. The Balaban J connectivity index is 2.26. The zero-order valence-electron chi connectivity index (χ0n) is 4.68. The molecule has 0 aromatic rings. The van der Waals surface area contributed by atoms with Gasteiger partial charge in [-0.15, -0.1) is 13.2 Å². The van der Waals surface area contributed by atoms with Crippen molar-refractivity contribution in [3.8, 4) is 0 Å². The van der Waals surface area contributed by atoms with E-state index in [0.29, 0.717) is 0 Å². The summed E-state index contributed by atoms with van der Waals surface area (Å²) in [5.74, 6) is 0. The summed E-state index contributed by atoms with van der Waals surface area (Å²) in [6.45, 7) is -0.153. The molecule has 0 saturated heterocycles. The van der Waals surface area contributed by atoms with E-state index in [4.69, 9.17) is 0 Å². The first-order valence-electron chi connectivity index (χ1n) is 2.39. The molecule has 1 radical (unpaired) electrons. The van der Waals surface area contributed by atoms with E-state index < -0.39 is 12.7 Å². The first-order valence-corrected chi connectivity index (χ1v) is 2.39. The molecule has 1 heterocycles. The number of rotatable bonds is 1. The van der Waals surface area contributed by atoms with E-state index in [2.05, 4.69) is 14.5 Å². The zero-order valence-corrected chi connectivity index (χ0v) is 4.68. The maximum atomic E-state index is 11.3. The van der Waals surface area contributed by atoms with Crippen LogP contribution in [0.5, 0.6) is 0 Å². The van der Waals surface area contributed by atoms with Crippen LogP contribution in [0, 0.1) is 0 Å². The van der Waals surface area contributed by atoms with Gasteiger partial charge in [0.25, 0.3) is 6.40 Å². The second-order valence-electron chi connectivity index (χ2n) is 1.54. The Bertz CT molecular complexity index is 136. The van der Waals surface area contributed by atoms with Gasteiger partial charge in [-0.25, -0.2) is 9.73 Å². The van der Waals surface area contributed by atoms with Crippen LogP contribution in [0.3, 0.4) is 0 Å². The van der Waals surface area contributed by atoms with Crippen molar-refractivity contribution in [2.45, 2.75) is 12.7 Å². The molecule has 57 valence electrons. The molecule has 0 spiro atoms. The standard InChI is InChI=1S/C4H3F3NO2/c5-4(6,7)10-3-1-8-2-9-3/h3H,1H2. The van der Waals surface area contributed by atoms with Gasteiger partial charge in [0.05, 0.1) is 0 Å². The van der Waals surface area contributed by atoms with Gasteiger partial charge < -0.3 is 4.74 Å². The van der Waals surface area contributed by atoms with Gasteiger partial charge in [0, 0.05) is 0 Å². The zero-order chi connectivity index (χ0) is 7.61. The first kappa shape index (κ1) is 7.33. The fourth-order valence-corrected chi connectivity index (χ4v) is 0.455. The molecule has 0 saturated carbocycles. The van der Waals surface area contributed by atoms with Gasteiger partial charge in [-0.3, -0.25) is 0 Å². The van der Waals surface area contributed by atoms with Crippen molar-refractivity contribution in [1.82, 2.24) is 0 Å². The van der Waals surface area contributed by atoms with Gasteiger partial charge in [-0.1, -0.05) is 0 Å². The molecule has 0 fully saturated rings. The number of alkyl halides is 3. The number of hydrogen-bond acceptors (Lipinski definition) is 3. The molecule has 0 N–H and O–H groups in total. The van der Waals surface area contributed by atoms with Crippen LogP contribution in [0.25, 0.3) is 0 Å². The minimum absolute atomic E-state index is 0.153. The number of halogens is 3. The van der Waals surface area contributed by atoms with E-state index in [1.54, 1.807) is 0 Å². The SMILES string of the molecule is FC(F)(F)OC1CN=[C]O1. The third-order valence-electron chi connectivity index (χ3n) is 0.754. The van der Waals surface area contributed by atoms with E-state index in [0.717, 1.165) is 0 Å². The Kier molecular flexibility index (Phi) is 1.80. The van der Waals surface area contributed by atoms with Gasteiger partial charge in [0.2, 0.25) is 6.29 Å². The average Bonchev–Trinajstić information content (AvgIpc) is 2.12. The molecule has 10 heavy (non-hydrogen) atoms. The highest BCUT2D eigenvalue weighted by molar-refractivity contribution is 5.48. The highest BCUT2D eigenvalue weighted by Crippen LogP contribution is 2.20. The summed E-state index contributed by atoms with van der Waals surface area (Å²) in [4.78, 5) is 3.25. The van der Waals surface area contributed by atoms with Crippen LogP contribution in [0.2, 0.25) is 0 Å². The lowest BCUT2D eigenvalue weighted by atomic mass is 10.7. The molecule has 1 unspecified atom stereocenters. The van der Waals surface area contributed by atoms with Crippen molar-refractivity contribution in [3.63, 3.8) is 0 Å². The predicted octanol–water partition coefficient (Wildman–Crippen LogP) is 0.784. The molecule has 3 nitrogen and oxygen atoms in total. The molecular weight excluding hydrogens is 151 g/mol. The normalized spacial score (nSPS) is 24.9. The van der Waals surface area contributed by atoms with Crippen molar-refractivity contribution in [2.24, 2.45) is 4.99 Å². The second kappa shape index (κ2) is 2.45. The molecule has 0 aliphatic carbocycles. The summed E-state index contributed by atoms with van der Waals surface area (Å²) in [5, 5.41) is 0. The van der Waals surface area contributed by atoms with Crippen LogP contribution in [-0.2, 0) is 9.47 Å². The van der Waals surface area contributed by atoms with E-state index in [-0.39, 0.29) is 6.54 Å². The Morgan fingerprint density at radius 1 is 1.60 bits per heavy atom. The van der Waals surface area contributed by atoms with Gasteiger partial charge in [-0.05, 0) is 0 Å². The quantitative estimate of drug-likeness (QED) is 0.558. The summed E-state index contributed by atoms with van der Waals surface area (Å²) in [6.07, 6.45) is -4.11. The third kappa shape index (κ3) is 2.22. The minimum Gasteiger partial charge on any atom is -0.442 e. The Labute approximate surface area is 54.4 Å². The lowest BCUT2D eigenvalue weighted by molar-refractivity contribution is -0.364. The van der Waals surface area contributed by atoms with Crippen molar-refractivity contribution in [1.29, 1.82) is 0 Å². The van der Waals surface area contributed by atoms with E-state index in [1.807, 2.05) is 6.40 Å². The Morgan fingerprint density at radius 2 is 2.30 bits per heavy atom. The van der Waals surface area contributed by atoms with Gasteiger partial charge in [-0.2, -0.15) is 0 Å². The smallest absolute Gasteiger partial charge is 0.442 e. The largest absolute Gasteiger partial charge is 0.525 e. The Hall–Kier alpha value is -0.780. The summed E-state index contributed by atoms with van der Waals surface area (Å²) >= 11 is 0. The van der Waals surface area contributed by atoms with Gasteiger partial charge in [0.1, 0.15) is 6.54 Å². The van der Waals surface area contributed by atoms with Gasteiger partial charge in [0.15, 0.2) is 0 Å². The Morgan fingerprint density at radius 3 is 2.70 bits per heavy atom. The molecule has 0 amide bonds. The van der Waals surface area contributed by atoms with Crippen LogP contribution in [0.1, 0.15) is 0 Å². The number of hydrogen-bond donors (Lipinski definition) is 0. The maximum absolute atomic E-state index is 11.3. The molecular formula is C4H3F3NO2. The second-order valence-corrected chi connectivity index (χ2v) is 1.54. The predicted molar refractivity (Wildman–Crippen MR) is 24.3 cm³/mol. The summed E-state index contributed by atoms with van der Waals surface area (Å²) < 4.78 is 41.6. The monoisotopic (exact) mass is 154 g/mol. The molecule has 0 aromatic carbocycles. The van der Waals surface area contributed by atoms with Crippen molar-refractivity contribution in [2.75, 3.05) is 6.54 Å². The minimum atomic E-state index is -4.66. The summed E-state index contributed by atoms with van der Waals surface area (Å²) in [5.41, 5.74) is 0. The van der Waals surface area contributed by atoms with Gasteiger partial charge >= 0.3 is 6.36 Å². The summed E-state index contributed by atoms with van der Waals surface area (Å²) in [6, 6.07) is 0. The number of nitrogens with zero attached hydrogens (tertiary/aromatic N) is 1. The van der Waals surface area contributed by atoms with Crippen LogP contribution < -0.4 is 0 Å². The first-order chi connectivity index (χ1) is 4.58. The average molecular weight is 154 g/mol. The number of aliphatic imine (C=N–C) groups is 1. The fraction of sp³-hybridized carbons (Fsp3) is 0.750. The van der Waals surface area contributed by atoms with Crippen LogP contribution in [0.4, 0.5) is 13.2 Å². The fourth-order valence-electron chi connectivity index (χ4n) is 0.455. The highest BCUT2D eigenvalue weighted by atomic mass is 19.4. The van der Waals surface area contributed by atoms with E-state index in [9.17, 15) is 13.2 Å². The number of ether oxygens (including phenoxy) is 2. The summed E-state index contributed by atoms with van der Waals surface area (Å²) in [7, 11) is 0. The van der Waals surface area contributed by atoms with E-state index >= 15 is 0 Å². The van der Waals surface area contributed by atoms with Crippen molar-refractivity contribution >= 4 is 6.40 Å². The van der Waals surface area contributed by atoms with Crippen molar-refractivity contribution < 1.29 is 22.6 Å².